The van der Waals surface area contributed by atoms with Gasteiger partial charge in [0, 0.05) is 0 Å². The van der Waals surface area contributed by atoms with Crippen LogP contribution >= 0.6 is 0 Å². The average Bonchev–Trinajstić information content (AvgIpc) is 2.78. The van der Waals surface area contributed by atoms with Gasteiger partial charge in [0.25, 0.3) is 0 Å². The minimum absolute atomic E-state index is 0.379. The fraction of sp³-hybridized carbons (Fsp3) is 0.600. The quantitative estimate of drug-likeness (QED) is 0.196. The standard InChI is InChI=1S/C30H46N2O/c1-7-8-9-10-11-12-13-14-15-16-19-33-30-21-26(6)29(22-28(30)23(2)3)32-31-27-18-17-24(4)25(5)20-27/h17-18,20-23H,7-16,19H2,1-6H3/b32-31+. The monoisotopic (exact) mass is 450 g/mol. The summed E-state index contributed by atoms with van der Waals surface area (Å²) in [5, 5.41) is 9.05. The summed E-state index contributed by atoms with van der Waals surface area (Å²) in [6.07, 6.45) is 13.4. The summed E-state index contributed by atoms with van der Waals surface area (Å²) >= 11 is 0. The van der Waals surface area contributed by atoms with Gasteiger partial charge < -0.3 is 4.74 Å². The molecule has 0 saturated heterocycles. The molecule has 2 aromatic rings. The van der Waals surface area contributed by atoms with Crippen LogP contribution in [0.3, 0.4) is 0 Å². The minimum Gasteiger partial charge on any atom is -0.493 e. The van der Waals surface area contributed by atoms with Gasteiger partial charge in [-0.2, -0.15) is 10.2 Å². The van der Waals surface area contributed by atoms with Crippen LogP contribution in [0.4, 0.5) is 11.4 Å². The molecule has 182 valence electrons. The predicted octanol–water partition coefficient (Wildman–Crippen LogP) is 10.5. The summed E-state index contributed by atoms with van der Waals surface area (Å²) < 4.78 is 6.23. The molecule has 0 aliphatic carbocycles. The van der Waals surface area contributed by atoms with Crippen LogP contribution in [-0.4, -0.2) is 6.61 Å². The van der Waals surface area contributed by atoms with Crippen LogP contribution in [0.15, 0.2) is 40.6 Å². The molecule has 33 heavy (non-hydrogen) atoms. The van der Waals surface area contributed by atoms with E-state index in [0.29, 0.717) is 5.92 Å². The summed E-state index contributed by atoms with van der Waals surface area (Å²) in [5.74, 6) is 1.38. The van der Waals surface area contributed by atoms with Crippen molar-refractivity contribution in [3.05, 3.63) is 52.6 Å². The van der Waals surface area contributed by atoms with E-state index in [1.165, 1.54) is 74.5 Å². The van der Waals surface area contributed by atoms with Gasteiger partial charge in [-0.1, -0.05) is 84.6 Å². The van der Waals surface area contributed by atoms with Gasteiger partial charge >= 0.3 is 0 Å². The van der Waals surface area contributed by atoms with E-state index in [1.807, 2.05) is 6.07 Å². The molecule has 3 heteroatoms. The van der Waals surface area contributed by atoms with Crippen molar-refractivity contribution in [2.24, 2.45) is 10.2 Å². The Hall–Kier alpha value is -2.16. The van der Waals surface area contributed by atoms with Crippen molar-refractivity contribution in [2.75, 3.05) is 6.61 Å². The van der Waals surface area contributed by atoms with Gasteiger partial charge in [0.05, 0.1) is 18.0 Å². The van der Waals surface area contributed by atoms with Crippen molar-refractivity contribution in [3.63, 3.8) is 0 Å². The molecule has 3 nitrogen and oxygen atoms in total. The van der Waals surface area contributed by atoms with E-state index in [4.69, 9.17) is 4.74 Å². The van der Waals surface area contributed by atoms with Gasteiger partial charge in [-0.15, -0.1) is 0 Å². The Labute approximate surface area is 203 Å². The summed E-state index contributed by atoms with van der Waals surface area (Å²) in [5.41, 5.74) is 6.64. The molecule has 2 rings (SSSR count). The van der Waals surface area contributed by atoms with Gasteiger partial charge in [0.1, 0.15) is 5.75 Å². The maximum atomic E-state index is 6.23. The number of rotatable bonds is 15. The first kappa shape index (κ1) is 27.1. The summed E-state index contributed by atoms with van der Waals surface area (Å²) in [7, 11) is 0. The third-order valence-electron chi connectivity index (χ3n) is 6.47. The Morgan fingerprint density at radius 2 is 1.33 bits per heavy atom. The van der Waals surface area contributed by atoms with Gasteiger partial charge in [0.2, 0.25) is 0 Å². The summed E-state index contributed by atoms with van der Waals surface area (Å²) in [4.78, 5) is 0. The lowest BCUT2D eigenvalue weighted by molar-refractivity contribution is 0.300. The maximum Gasteiger partial charge on any atom is 0.123 e. The Kier molecular flexibility index (Phi) is 12.2. The van der Waals surface area contributed by atoms with Gasteiger partial charge in [-0.3, -0.25) is 0 Å². The Morgan fingerprint density at radius 1 is 0.697 bits per heavy atom. The summed E-state index contributed by atoms with van der Waals surface area (Å²) in [6.45, 7) is 13.8. The molecule has 0 spiro atoms. The molecule has 0 atom stereocenters. The second kappa shape index (κ2) is 14.9. The lowest BCUT2D eigenvalue weighted by Crippen LogP contribution is -2.02. The molecule has 0 fully saturated rings. The third kappa shape index (κ3) is 9.70. The van der Waals surface area contributed by atoms with Gasteiger partial charge in [-0.05, 0) is 79.6 Å². The Morgan fingerprint density at radius 3 is 1.94 bits per heavy atom. The topological polar surface area (TPSA) is 34.0 Å². The first-order valence-corrected chi connectivity index (χ1v) is 13.2. The molecular formula is C30H46N2O. The van der Waals surface area contributed by atoms with Crippen molar-refractivity contribution in [1.29, 1.82) is 0 Å². The van der Waals surface area contributed by atoms with Crippen molar-refractivity contribution in [1.82, 2.24) is 0 Å². The highest BCUT2D eigenvalue weighted by Gasteiger charge is 2.12. The van der Waals surface area contributed by atoms with Crippen LogP contribution < -0.4 is 4.74 Å². The zero-order valence-electron chi connectivity index (χ0n) is 22.0. The van der Waals surface area contributed by atoms with Gasteiger partial charge in [0.15, 0.2) is 0 Å². The number of benzene rings is 2. The Bertz CT molecular complexity index is 870. The number of hydrogen-bond acceptors (Lipinski definition) is 3. The van der Waals surface area contributed by atoms with E-state index in [-0.39, 0.29) is 0 Å². The number of nitrogens with zero attached hydrogens (tertiary/aromatic N) is 2. The van der Waals surface area contributed by atoms with Crippen molar-refractivity contribution in [2.45, 2.75) is 112 Å². The van der Waals surface area contributed by atoms with E-state index in [9.17, 15) is 0 Å². The molecule has 0 saturated carbocycles. The molecule has 0 aliphatic rings. The van der Waals surface area contributed by atoms with Gasteiger partial charge in [-0.25, -0.2) is 0 Å². The molecule has 0 radical (unpaired) electrons. The number of unbranched alkanes of at least 4 members (excludes halogenated alkanes) is 9. The van der Waals surface area contributed by atoms with Crippen LogP contribution in [0.2, 0.25) is 0 Å². The lowest BCUT2D eigenvalue weighted by atomic mass is 9.99. The molecule has 0 aromatic heterocycles. The van der Waals surface area contributed by atoms with E-state index in [0.717, 1.165) is 35.7 Å². The first-order chi connectivity index (χ1) is 15.9. The average molecular weight is 451 g/mol. The Balaban J connectivity index is 1.85. The fourth-order valence-electron chi connectivity index (χ4n) is 4.04. The molecule has 0 bridgehead atoms. The van der Waals surface area contributed by atoms with E-state index in [2.05, 4.69) is 76.0 Å². The number of hydrogen-bond donors (Lipinski definition) is 0. The zero-order chi connectivity index (χ0) is 24.1. The maximum absolute atomic E-state index is 6.23. The third-order valence-corrected chi connectivity index (χ3v) is 6.47. The highest BCUT2D eigenvalue weighted by molar-refractivity contribution is 5.55. The molecule has 2 aromatic carbocycles. The molecule has 0 aliphatic heterocycles. The van der Waals surface area contributed by atoms with Crippen molar-refractivity contribution >= 4 is 11.4 Å². The van der Waals surface area contributed by atoms with Crippen LogP contribution in [0.5, 0.6) is 5.75 Å². The normalized spacial score (nSPS) is 11.6. The van der Waals surface area contributed by atoms with E-state index in [1.54, 1.807) is 0 Å². The lowest BCUT2D eigenvalue weighted by Gasteiger charge is -2.16. The van der Waals surface area contributed by atoms with Crippen LogP contribution in [0.1, 0.15) is 113 Å². The molecule has 0 unspecified atom stereocenters. The fourth-order valence-corrected chi connectivity index (χ4v) is 4.04. The highest BCUT2D eigenvalue weighted by atomic mass is 16.5. The SMILES string of the molecule is CCCCCCCCCCCCOc1cc(C)c(/N=N/c2ccc(C)c(C)c2)cc1C(C)C. The zero-order valence-corrected chi connectivity index (χ0v) is 22.0. The summed E-state index contributed by atoms with van der Waals surface area (Å²) in [6, 6.07) is 10.5. The smallest absolute Gasteiger partial charge is 0.123 e. The largest absolute Gasteiger partial charge is 0.493 e. The van der Waals surface area contributed by atoms with E-state index < -0.39 is 0 Å². The minimum atomic E-state index is 0.379. The van der Waals surface area contributed by atoms with Crippen LogP contribution in [-0.2, 0) is 0 Å². The molecule has 0 N–H and O–H groups in total. The highest BCUT2D eigenvalue weighted by Crippen LogP contribution is 2.34. The van der Waals surface area contributed by atoms with Crippen LogP contribution in [0, 0.1) is 20.8 Å². The van der Waals surface area contributed by atoms with Crippen molar-refractivity contribution in [3.8, 4) is 5.75 Å². The predicted molar refractivity (Wildman–Crippen MR) is 143 cm³/mol. The molecular weight excluding hydrogens is 404 g/mol. The number of aryl methyl sites for hydroxylation is 3. The van der Waals surface area contributed by atoms with E-state index >= 15 is 0 Å². The molecule has 0 amide bonds. The second-order valence-corrected chi connectivity index (χ2v) is 9.83. The number of ether oxygens (including phenoxy) is 1. The first-order valence-electron chi connectivity index (χ1n) is 13.2. The molecule has 0 heterocycles. The number of azo groups is 1. The van der Waals surface area contributed by atoms with Crippen LogP contribution in [0.25, 0.3) is 0 Å². The second-order valence-electron chi connectivity index (χ2n) is 9.83. The van der Waals surface area contributed by atoms with Crippen molar-refractivity contribution < 1.29 is 4.74 Å².